The van der Waals surface area contributed by atoms with Crippen molar-refractivity contribution in [3.05, 3.63) is 64.2 Å². The van der Waals surface area contributed by atoms with Crippen molar-refractivity contribution in [3.8, 4) is 0 Å². The summed E-state index contributed by atoms with van der Waals surface area (Å²) in [5, 5.41) is 11.0. The van der Waals surface area contributed by atoms with Gasteiger partial charge in [0, 0.05) is 24.4 Å². The number of anilines is 2. The average Bonchev–Trinajstić information content (AvgIpc) is 3.02. The number of fused-ring (bicyclic) bond motifs is 1. The highest BCUT2D eigenvalue weighted by Gasteiger charge is 2.29. The highest BCUT2D eigenvalue weighted by atomic mass is 32.2. The fourth-order valence-corrected chi connectivity index (χ4v) is 3.81. The van der Waals surface area contributed by atoms with Gasteiger partial charge in [-0.1, -0.05) is 24.3 Å². The summed E-state index contributed by atoms with van der Waals surface area (Å²) >= 11 is 0. The number of nitro groups is 1. The van der Waals surface area contributed by atoms with Crippen molar-refractivity contribution < 1.29 is 18.1 Å². The number of sulfonamides is 1. The first-order valence-corrected chi connectivity index (χ1v) is 9.72. The van der Waals surface area contributed by atoms with Gasteiger partial charge in [0.15, 0.2) is 0 Å². The summed E-state index contributed by atoms with van der Waals surface area (Å²) in [6.07, 6.45) is 1.68. The first kappa shape index (κ1) is 17.9. The van der Waals surface area contributed by atoms with Crippen LogP contribution in [-0.2, 0) is 21.2 Å². The number of nitro benzene ring substituents is 1. The Morgan fingerprint density at radius 1 is 1.23 bits per heavy atom. The van der Waals surface area contributed by atoms with Crippen LogP contribution in [0.4, 0.5) is 17.1 Å². The molecule has 0 saturated heterocycles. The highest BCUT2D eigenvalue weighted by Crippen LogP contribution is 2.29. The van der Waals surface area contributed by atoms with Crippen LogP contribution in [0.3, 0.4) is 0 Å². The van der Waals surface area contributed by atoms with Gasteiger partial charge in [0.2, 0.25) is 15.9 Å². The number of carbonyl (C=O) groups is 1. The topological polar surface area (TPSA) is 101 Å². The number of amides is 1. The van der Waals surface area contributed by atoms with E-state index in [1.807, 2.05) is 24.3 Å². The molecule has 0 saturated carbocycles. The summed E-state index contributed by atoms with van der Waals surface area (Å²) in [6.45, 7) is 0.0546. The minimum atomic E-state index is -3.80. The quantitative estimate of drug-likeness (QED) is 0.587. The van der Waals surface area contributed by atoms with Crippen molar-refractivity contribution in [2.75, 3.05) is 28.6 Å². The molecule has 1 amide bonds. The second-order valence-corrected chi connectivity index (χ2v) is 7.88. The molecule has 1 aliphatic rings. The largest absolute Gasteiger partial charge is 0.310 e. The minimum Gasteiger partial charge on any atom is -0.310 e. The molecule has 2 aromatic rings. The standard InChI is InChI=1S/C17H17N3O5S/c1-26(24,25)19(14-6-4-7-15(11-14)20(22)23)12-17(21)18-10-9-13-5-2-3-8-16(13)18/h2-8,11H,9-10,12H2,1H3. The van der Waals surface area contributed by atoms with Crippen molar-refractivity contribution in [2.24, 2.45) is 0 Å². The summed E-state index contributed by atoms with van der Waals surface area (Å²) < 4.78 is 25.3. The van der Waals surface area contributed by atoms with Crippen LogP contribution in [0.1, 0.15) is 5.56 Å². The SMILES string of the molecule is CS(=O)(=O)N(CC(=O)N1CCc2ccccc21)c1cccc([N+](=O)[O-])c1. The van der Waals surface area contributed by atoms with Crippen molar-refractivity contribution in [3.63, 3.8) is 0 Å². The highest BCUT2D eigenvalue weighted by molar-refractivity contribution is 7.92. The van der Waals surface area contributed by atoms with E-state index in [2.05, 4.69) is 0 Å². The fourth-order valence-electron chi connectivity index (χ4n) is 2.97. The summed E-state index contributed by atoms with van der Waals surface area (Å²) in [6, 6.07) is 12.7. The Hall–Kier alpha value is -2.94. The molecule has 0 fully saturated rings. The van der Waals surface area contributed by atoms with Crippen LogP contribution in [0.2, 0.25) is 0 Å². The molecule has 26 heavy (non-hydrogen) atoms. The van der Waals surface area contributed by atoms with Gasteiger partial charge >= 0.3 is 0 Å². The van der Waals surface area contributed by atoms with Gasteiger partial charge in [0.1, 0.15) is 6.54 Å². The zero-order chi connectivity index (χ0) is 18.9. The molecule has 0 aliphatic carbocycles. The van der Waals surface area contributed by atoms with Crippen molar-refractivity contribution in [1.29, 1.82) is 0 Å². The van der Waals surface area contributed by atoms with Crippen LogP contribution >= 0.6 is 0 Å². The minimum absolute atomic E-state index is 0.0857. The summed E-state index contributed by atoms with van der Waals surface area (Å²) in [5.41, 5.74) is 1.64. The van der Waals surface area contributed by atoms with E-state index >= 15 is 0 Å². The van der Waals surface area contributed by atoms with Crippen LogP contribution in [-0.4, -0.2) is 38.6 Å². The third kappa shape index (κ3) is 3.52. The predicted molar refractivity (Wildman–Crippen MR) is 97.8 cm³/mol. The van der Waals surface area contributed by atoms with Crippen LogP contribution in [0, 0.1) is 10.1 Å². The second kappa shape index (κ2) is 6.75. The zero-order valence-corrected chi connectivity index (χ0v) is 14.8. The second-order valence-electron chi connectivity index (χ2n) is 5.97. The van der Waals surface area contributed by atoms with Crippen molar-refractivity contribution >= 4 is 33.0 Å². The molecule has 0 bridgehead atoms. The average molecular weight is 375 g/mol. The van der Waals surface area contributed by atoms with Crippen LogP contribution in [0.25, 0.3) is 0 Å². The Morgan fingerprint density at radius 3 is 2.65 bits per heavy atom. The first-order chi connectivity index (χ1) is 12.3. The summed E-state index contributed by atoms with van der Waals surface area (Å²) in [7, 11) is -3.80. The molecule has 9 heteroatoms. The lowest BCUT2D eigenvalue weighted by Crippen LogP contribution is -2.42. The molecule has 0 unspecified atom stereocenters. The molecule has 136 valence electrons. The van der Waals surface area contributed by atoms with Crippen molar-refractivity contribution in [1.82, 2.24) is 0 Å². The Balaban J connectivity index is 1.90. The van der Waals surface area contributed by atoms with Gasteiger partial charge in [-0.15, -0.1) is 0 Å². The van der Waals surface area contributed by atoms with E-state index in [0.29, 0.717) is 13.0 Å². The summed E-state index contributed by atoms with van der Waals surface area (Å²) in [4.78, 5) is 24.6. The van der Waals surface area contributed by atoms with Crippen LogP contribution < -0.4 is 9.21 Å². The van der Waals surface area contributed by atoms with Crippen LogP contribution in [0.15, 0.2) is 48.5 Å². The maximum atomic E-state index is 12.7. The van der Waals surface area contributed by atoms with Crippen molar-refractivity contribution in [2.45, 2.75) is 6.42 Å². The lowest BCUT2D eigenvalue weighted by atomic mass is 10.2. The first-order valence-electron chi connectivity index (χ1n) is 7.88. The Labute approximate surface area is 150 Å². The zero-order valence-electron chi connectivity index (χ0n) is 14.0. The van der Waals surface area contributed by atoms with E-state index in [0.717, 1.165) is 27.9 Å². The van der Waals surface area contributed by atoms with E-state index in [1.54, 1.807) is 4.90 Å². The molecule has 3 rings (SSSR count). The molecule has 0 spiro atoms. The molecule has 0 N–H and O–H groups in total. The van der Waals surface area contributed by atoms with Gasteiger partial charge in [-0.3, -0.25) is 19.2 Å². The Kier molecular flexibility index (Phi) is 4.64. The maximum Gasteiger partial charge on any atom is 0.271 e. The van der Waals surface area contributed by atoms with Crippen LogP contribution in [0.5, 0.6) is 0 Å². The normalized spacial score (nSPS) is 13.3. The number of hydrogen-bond donors (Lipinski definition) is 0. The molecular formula is C17H17N3O5S. The summed E-state index contributed by atoms with van der Waals surface area (Å²) in [5.74, 6) is -0.383. The third-order valence-corrected chi connectivity index (χ3v) is 5.34. The van der Waals surface area contributed by atoms with Gasteiger partial charge in [0.05, 0.1) is 16.9 Å². The molecule has 2 aromatic carbocycles. The Bertz CT molecular complexity index is 974. The van der Waals surface area contributed by atoms with Gasteiger partial charge in [-0.2, -0.15) is 0 Å². The molecular weight excluding hydrogens is 358 g/mol. The number of non-ortho nitro benzene ring substituents is 1. The third-order valence-electron chi connectivity index (χ3n) is 4.20. The number of hydrogen-bond acceptors (Lipinski definition) is 5. The monoisotopic (exact) mass is 375 g/mol. The number of para-hydroxylation sites is 1. The number of benzene rings is 2. The van der Waals surface area contributed by atoms with Gasteiger partial charge in [0.25, 0.3) is 5.69 Å². The number of nitrogens with zero attached hydrogens (tertiary/aromatic N) is 3. The molecule has 1 heterocycles. The lowest BCUT2D eigenvalue weighted by molar-refractivity contribution is -0.384. The van der Waals surface area contributed by atoms with E-state index in [9.17, 15) is 23.3 Å². The maximum absolute atomic E-state index is 12.7. The smallest absolute Gasteiger partial charge is 0.271 e. The molecule has 8 nitrogen and oxygen atoms in total. The van der Waals surface area contributed by atoms with Gasteiger partial charge < -0.3 is 4.90 Å². The molecule has 1 aliphatic heterocycles. The number of carbonyl (C=O) groups excluding carboxylic acids is 1. The van der Waals surface area contributed by atoms with E-state index in [1.165, 1.54) is 18.2 Å². The fraction of sp³-hybridized carbons (Fsp3) is 0.235. The molecule has 0 radical (unpaired) electrons. The Morgan fingerprint density at radius 2 is 1.96 bits per heavy atom. The van der Waals surface area contributed by atoms with Gasteiger partial charge in [-0.05, 0) is 24.1 Å². The van der Waals surface area contributed by atoms with E-state index in [-0.39, 0.29) is 17.3 Å². The molecule has 0 atom stereocenters. The lowest BCUT2D eigenvalue weighted by Gasteiger charge is -2.25. The molecule has 0 aromatic heterocycles. The number of rotatable bonds is 5. The van der Waals surface area contributed by atoms with E-state index in [4.69, 9.17) is 0 Å². The predicted octanol–water partition coefficient (Wildman–Crippen LogP) is 1.95. The van der Waals surface area contributed by atoms with Gasteiger partial charge in [-0.25, -0.2) is 8.42 Å². The van der Waals surface area contributed by atoms with E-state index < -0.39 is 21.5 Å².